The highest BCUT2D eigenvalue weighted by Gasteiger charge is 2.13. The van der Waals surface area contributed by atoms with E-state index in [0.717, 1.165) is 21.9 Å². The van der Waals surface area contributed by atoms with Gasteiger partial charge >= 0.3 is 0 Å². The van der Waals surface area contributed by atoms with Crippen LogP contribution < -0.4 is 11.2 Å². The molecule has 26 heavy (non-hydrogen) atoms. The number of imidazole rings is 1. The summed E-state index contributed by atoms with van der Waals surface area (Å²) in [7, 11) is 0. The van der Waals surface area contributed by atoms with Gasteiger partial charge in [0.1, 0.15) is 0 Å². The van der Waals surface area contributed by atoms with E-state index in [-0.39, 0.29) is 5.11 Å². The molecule has 0 radical (unpaired) electrons. The molecule has 3 N–H and O–H groups in total. The van der Waals surface area contributed by atoms with Crippen LogP contribution in [0.1, 0.15) is 11.4 Å². The van der Waals surface area contributed by atoms with Crippen molar-refractivity contribution in [1.82, 2.24) is 20.0 Å². The molecule has 0 atom stereocenters. The smallest absolute Gasteiger partial charge is 0.184 e. The van der Waals surface area contributed by atoms with Crippen LogP contribution in [0.15, 0.2) is 65.9 Å². The van der Waals surface area contributed by atoms with E-state index < -0.39 is 0 Å². The zero-order valence-electron chi connectivity index (χ0n) is 13.8. The first-order valence-electron chi connectivity index (χ1n) is 8.09. The van der Waals surface area contributed by atoms with Gasteiger partial charge in [-0.3, -0.25) is 10.4 Å². The molecule has 2 aromatic heterocycles. The summed E-state index contributed by atoms with van der Waals surface area (Å²) in [6, 6.07) is 18.2. The summed E-state index contributed by atoms with van der Waals surface area (Å²) in [5.41, 5.74) is 12.0. The van der Waals surface area contributed by atoms with Gasteiger partial charge in [-0.25, -0.2) is 4.98 Å². The first-order chi connectivity index (χ1) is 12.7. The summed E-state index contributed by atoms with van der Waals surface area (Å²) in [4.78, 5) is 9.19. The van der Waals surface area contributed by atoms with Crippen LogP contribution in [0.4, 0.5) is 0 Å². The number of aromatic nitrogens is 3. The normalized spacial score (nSPS) is 11.4. The highest BCUT2D eigenvalue weighted by Crippen LogP contribution is 2.25. The van der Waals surface area contributed by atoms with Crippen molar-refractivity contribution in [1.29, 1.82) is 0 Å². The molecule has 2 aromatic carbocycles. The Morgan fingerprint density at radius 3 is 2.81 bits per heavy atom. The lowest BCUT2D eigenvalue weighted by Crippen LogP contribution is -2.24. The van der Waals surface area contributed by atoms with Crippen molar-refractivity contribution in [2.24, 2.45) is 10.8 Å². The second kappa shape index (κ2) is 6.89. The van der Waals surface area contributed by atoms with Crippen molar-refractivity contribution in [3.05, 3.63) is 72.2 Å². The maximum absolute atomic E-state index is 5.44. The highest BCUT2D eigenvalue weighted by molar-refractivity contribution is 7.80. The Labute approximate surface area is 155 Å². The van der Waals surface area contributed by atoms with Crippen LogP contribution in [0.25, 0.3) is 21.9 Å². The van der Waals surface area contributed by atoms with Gasteiger partial charge in [0, 0.05) is 18.1 Å². The molecule has 7 heteroatoms. The Kier molecular flexibility index (Phi) is 4.28. The van der Waals surface area contributed by atoms with E-state index in [4.69, 9.17) is 22.9 Å². The largest absolute Gasteiger partial charge is 0.375 e. The van der Waals surface area contributed by atoms with Crippen LogP contribution in [0, 0.1) is 0 Å². The first-order valence-corrected chi connectivity index (χ1v) is 8.49. The molecule has 0 saturated heterocycles. The Balaban J connectivity index is 1.88. The Bertz CT molecular complexity index is 1120. The van der Waals surface area contributed by atoms with Crippen LogP contribution in [-0.4, -0.2) is 25.9 Å². The number of thiocarbonyl (C=S) groups is 1. The summed E-state index contributed by atoms with van der Waals surface area (Å²) >= 11 is 4.79. The summed E-state index contributed by atoms with van der Waals surface area (Å²) in [6.07, 6.45) is 3.41. The number of fused-ring (bicyclic) bond motifs is 3. The minimum absolute atomic E-state index is 0.113. The number of hydrazone groups is 1. The maximum Gasteiger partial charge on any atom is 0.184 e. The van der Waals surface area contributed by atoms with E-state index in [1.807, 2.05) is 42.5 Å². The van der Waals surface area contributed by atoms with Gasteiger partial charge < -0.3 is 10.3 Å². The topological polar surface area (TPSA) is 81.1 Å². The Morgan fingerprint density at radius 2 is 2.00 bits per heavy atom. The fraction of sp³-hybridized carbons (Fsp3) is 0.0526. The molecule has 4 aromatic rings. The van der Waals surface area contributed by atoms with Crippen LogP contribution >= 0.6 is 12.2 Å². The molecule has 4 rings (SSSR count). The third kappa shape index (κ3) is 3.12. The zero-order chi connectivity index (χ0) is 17.9. The van der Waals surface area contributed by atoms with Crippen molar-refractivity contribution in [2.45, 2.75) is 6.54 Å². The van der Waals surface area contributed by atoms with Crippen molar-refractivity contribution in [3.8, 4) is 0 Å². The Morgan fingerprint density at radius 1 is 1.15 bits per heavy atom. The molecule has 0 spiro atoms. The molecule has 0 bridgehead atoms. The molecular formula is C19H16N6S. The average Bonchev–Trinajstić information content (AvgIpc) is 3.00. The highest BCUT2D eigenvalue weighted by atomic mass is 32.1. The van der Waals surface area contributed by atoms with Crippen molar-refractivity contribution >= 4 is 45.5 Å². The average molecular weight is 360 g/mol. The molecule has 0 amide bonds. The predicted molar refractivity (Wildman–Crippen MR) is 108 cm³/mol. The Hall–Kier alpha value is -3.32. The fourth-order valence-electron chi connectivity index (χ4n) is 2.94. The van der Waals surface area contributed by atoms with Gasteiger partial charge in [0.05, 0.1) is 22.8 Å². The van der Waals surface area contributed by atoms with Crippen LogP contribution in [0.3, 0.4) is 0 Å². The second-order valence-electron chi connectivity index (χ2n) is 5.78. The number of nitrogens with zero attached hydrogens (tertiary/aromatic N) is 4. The number of benzene rings is 2. The van der Waals surface area contributed by atoms with E-state index in [0.29, 0.717) is 12.4 Å². The molecule has 128 valence electrons. The van der Waals surface area contributed by atoms with Gasteiger partial charge in [0.25, 0.3) is 0 Å². The maximum atomic E-state index is 5.44. The second-order valence-corrected chi connectivity index (χ2v) is 6.22. The van der Waals surface area contributed by atoms with E-state index in [9.17, 15) is 0 Å². The van der Waals surface area contributed by atoms with Gasteiger partial charge in [-0.15, -0.1) is 0 Å². The van der Waals surface area contributed by atoms with Crippen LogP contribution in [0.2, 0.25) is 0 Å². The summed E-state index contributed by atoms with van der Waals surface area (Å²) in [5.74, 6) is 0.712. The quantitative estimate of drug-likeness (QED) is 0.332. The van der Waals surface area contributed by atoms with Gasteiger partial charge in [0.15, 0.2) is 10.9 Å². The lowest BCUT2D eigenvalue weighted by molar-refractivity contribution is 0.815. The number of hydrogen-bond acceptors (Lipinski definition) is 4. The van der Waals surface area contributed by atoms with Gasteiger partial charge in [-0.2, -0.15) is 5.10 Å². The molecule has 2 heterocycles. The molecular weight excluding hydrogens is 344 g/mol. The number of rotatable bonds is 4. The van der Waals surface area contributed by atoms with Crippen LogP contribution in [-0.2, 0) is 6.54 Å². The number of hydrogen-bond donors (Lipinski definition) is 2. The van der Waals surface area contributed by atoms with E-state index >= 15 is 0 Å². The number of nitrogens with two attached hydrogens (primary N) is 1. The van der Waals surface area contributed by atoms with E-state index in [1.54, 1.807) is 12.4 Å². The predicted octanol–water partition coefficient (Wildman–Crippen LogP) is 2.80. The molecule has 0 aliphatic carbocycles. The molecule has 0 aliphatic heterocycles. The van der Waals surface area contributed by atoms with Crippen LogP contribution in [0.5, 0.6) is 0 Å². The molecule has 0 fully saturated rings. The number of nitrogens with one attached hydrogen (secondary N) is 1. The van der Waals surface area contributed by atoms with Crippen molar-refractivity contribution < 1.29 is 0 Å². The molecule has 0 aliphatic rings. The SMILES string of the molecule is NC(=S)N/N=C/c1nc2c3cccnc3ccc2n1Cc1ccccc1. The van der Waals surface area contributed by atoms with E-state index in [1.165, 1.54) is 5.56 Å². The standard InChI is InChI=1S/C19H16N6S/c20-19(26)24-22-11-17-23-18-14-7-4-10-21-15(14)8-9-16(18)25(17)12-13-5-2-1-3-6-13/h1-11H,12H2,(H3,20,24,26)/b22-11+. The summed E-state index contributed by atoms with van der Waals surface area (Å²) < 4.78 is 2.11. The first kappa shape index (κ1) is 16.2. The third-order valence-corrected chi connectivity index (χ3v) is 4.16. The molecule has 6 nitrogen and oxygen atoms in total. The van der Waals surface area contributed by atoms with Gasteiger partial charge in [0.2, 0.25) is 0 Å². The minimum atomic E-state index is 0.113. The van der Waals surface area contributed by atoms with Gasteiger partial charge in [-0.05, 0) is 42.0 Å². The summed E-state index contributed by atoms with van der Waals surface area (Å²) in [5, 5.41) is 5.20. The lowest BCUT2D eigenvalue weighted by Gasteiger charge is -2.07. The summed E-state index contributed by atoms with van der Waals surface area (Å²) in [6.45, 7) is 0.678. The van der Waals surface area contributed by atoms with Crippen molar-refractivity contribution in [2.75, 3.05) is 0 Å². The monoisotopic (exact) mass is 360 g/mol. The zero-order valence-corrected chi connectivity index (χ0v) is 14.6. The van der Waals surface area contributed by atoms with Crippen molar-refractivity contribution in [3.63, 3.8) is 0 Å². The molecule has 0 saturated carbocycles. The molecule has 0 unspecified atom stereocenters. The number of pyridine rings is 1. The lowest BCUT2D eigenvalue weighted by atomic mass is 10.2. The third-order valence-electron chi connectivity index (χ3n) is 4.07. The van der Waals surface area contributed by atoms with E-state index in [2.05, 4.69) is 32.2 Å². The fourth-order valence-corrected chi connectivity index (χ4v) is 3.00. The minimum Gasteiger partial charge on any atom is -0.375 e. The van der Waals surface area contributed by atoms with Gasteiger partial charge in [-0.1, -0.05) is 30.3 Å².